The van der Waals surface area contributed by atoms with E-state index in [-0.39, 0.29) is 24.4 Å². The molecule has 1 saturated heterocycles. The molecule has 0 saturated carbocycles. The van der Waals surface area contributed by atoms with Crippen LogP contribution < -0.4 is 10.1 Å². The van der Waals surface area contributed by atoms with Crippen LogP contribution in [0.5, 0.6) is 5.75 Å². The van der Waals surface area contributed by atoms with Crippen LogP contribution in [0.4, 0.5) is 0 Å². The molecule has 0 radical (unpaired) electrons. The van der Waals surface area contributed by atoms with Crippen LogP contribution in [0.2, 0.25) is 0 Å². The summed E-state index contributed by atoms with van der Waals surface area (Å²) >= 11 is 0. The molecule has 1 fully saturated rings. The number of benzene rings is 1. The molecule has 0 aliphatic carbocycles. The highest BCUT2D eigenvalue weighted by Gasteiger charge is 2.30. The third kappa shape index (κ3) is 4.49. The van der Waals surface area contributed by atoms with Gasteiger partial charge in [0.1, 0.15) is 5.75 Å². The molecule has 5 nitrogen and oxygen atoms in total. The quantitative estimate of drug-likeness (QED) is 0.902. The van der Waals surface area contributed by atoms with E-state index in [1.165, 1.54) is 0 Å². The summed E-state index contributed by atoms with van der Waals surface area (Å²) in [7, 11) is 0. The predicted molar refractivity (Wildman–Crippen MR) is 93.8 cm³/mol. The topological polar surface area (TPSA) is 58.6 Å². The molecular weight excluding hydrogens is 304 g/mol. The first-order valence-corrected chi connectivity index (χ1v) is 8.63. The second kappa shape index (κ2) is 7.69. The molecule has 0 spiro atoms. The number of likely N-dealkylation sites (tertiary alicyclic amines) is 1. The highest BCUT2D eigenvalue weighted by Crippen LogP contribution is 2.32. The molecule has 1 heterocycles. The number of ether oxygens (including phenoxy) is 1. The van der Waals surface area contributed by atoms with Crippen molar-refractivity contribution in [2.75, 3.05) is 19.7 Å². The van der Waals surface area contributed by atoms with E-state index in [2.05, 4.69) is 5.32 Å². The van der Waals surface area contributed by atoms with E-state index < -0.39 is 5.41 Å². The Balaban J connectivity index is 1.99. The van der Waals surface area contributed by atoms with Gasteiger partial charge < -0.3 is 15.0 Å². The zero-order valence-electron chi connectivity index (χ0n) is 15.1. The fraction of sp³-hybridized carbons (Fsp3) is 0.579. The Hall–Kier alpha value is -2.04. The molecule has 1 unspecified atom stereocenters. The zero-order chi connectivity index (χ0) is 17.7. The van der Waals surface area contributed by atoms with Gasteiger partial charge in [-0.05, 0) is 37.5 Å². The van der Waals surface area contributed by atoms with Crippen LogP contribution in [-0.2, 0) is 9.59 Å². The Morgan fingerprint density at radius 2 is 1.92 bits per heavy atom. The van der Waals surface area contributed by atoms with Crippen LogP contribution in [0, 0.1) is 5.41 Å². The van der Waals surface area contributed by atoms with Gasteiger partial charge in [0, 0.05) is 12.0 Å². The van der Waals surface area contributed by atoms with E-state index >= 15 is 0 Å². The van der Waals surface area contributed by atoms with Crippen LogP contribution in [0.1, 0.15) is 52.1 Å². The molecule has 1 aliphatic rings. The summed E-state index contributed by atoms with van der Waals surface area (Å²) in [5, 5.41) is 2.75. The number of amides is 2. The lowest BCUT2D eigenvalue weighted by Gasteiger charge is -2.26. The maximum absolute atomic E-state index is 12.5. The van der Waals surface area contributed by atoms with Gasteiger partial charge >= 0.3 is 0 Å². The summed E-state index contributed by atoms with van der Waals surface area (Å²) in [5.41, 5.74) is 0.631. The lowest BCUT2D eigenvalue weighted by atomic mass is 9.96. The molecule has 0 bridgehead atoms. The Morgan fingerprint density at radius 1 is 1.25 bits per heavy atom. The summed E-state index contributed by atoms with van der Waals surface area (Å²) in [5.74, 6) is 0.714. The minimum Gasteiger partial charge on any atom is -0.494 e. The number of nitrogens with one attached hydrogen (secondary N) is 1. The fourth-order valence-corrected chi connectivity index (χ4v) is 2.89. The second-order valence-electron chi connectivity index (χ2n) is 7.18. The first-order valence-electron chi connectivity index (χ1n) is 8.63. The Kier molecular flexibility index (Phi) is 5.86. The zero-order valence-corrected chi connectivity index (χ0v) is 15.1. The number of carbonyl (C=O) groups excluding carboxylic acids is 2. The van der Waals surface area contributed by atoms with Crippen molar-refractivity contribution in [2.45, 2.75) is 46.6 Å². The van der Waals surface area contributed by atoms with E-state index in [0.717, 1.165) is 30.7 Å². The number of nitrogens with zero attached hydrogens (tertiary/aromatic N) is 1. The van der Waals surface area contributed by atoms with Gasteiger partial charge in [-0.1, -0.05) is 32.9 Å². The second-order valence-corrected chi connectivity index (χ2v) is 7.18. The largest absolute Gasteiger partial charge is 0.494 e. The first kappa shape index (κ1) is 18.3. The van der Waals surface area contributed by atoms with E-state index in [1.807, 2.05) is 56.9 Å². The van der Waals surface area contributed by atoms with Crippen molar-refractivity contribution in [3.05, 3.63) is 29.8 Å². The molecular formula is C19H28N2O3. The number of carbonyl (C=O) groups is 2. The average Bonchev–Trinajstić information content (AvgIpc) is 3.02. The summed E-state index contributed by atoms with van der Waals surface area (Å²) in [6.45, 7) is 8.91. The monoisotopic (exact) mass is 332 g/mol. The summed E-state index contributed by atoms with van der Waals surface area (Å²) in [4.78, 5) is 26.3. The summed E-state index contributed by atoms with van der Waals surface area (Å²) in [6, 6.07) is 8.02. The number of hydrogen-bond acceptors (Lipinski definition) is 3. The third-order valence-corrected chi connectivity index (χ3v) is 4.23. The standard InChI is InChI=1S/C19H28N2O3/c1-5-24-15-10-8-14(9-11-15)16-7-6-12-21(16)17(22)13-20-18(23)19(2,3)4/h8-11,16H,5-7,12-13H2,1-4H3,(H,20,23). The van der Waals surface area contributed by atoms with Gasteiger partial charge in [-0.2, -0.15) is 0 Å². The van der Waals surface area contributed by atoms with Gasteiger partial charge in [-0.3, -0.25) is 9.59 Å². The molecule has 2 rings (SSSR count). The van der Waals surface area contributed by atoms with Crippen molar-refractivity contribution in [3.8, 4) is 5.75 Å². The van der Waals surface area contributed by atoms with Crippen molar-refractivity contribution in [3.63, 3.8) is 0 Å². The minimum absolute atomic E-state index is 0.0241. The molecule has 5 heteroatoms. The van der Waals surface area contributed by atoms with Crippen LogP contribution >= 0.6 is 0 Å². The van der Waals surface area contributed by atoms with Gasteiger partial charge in [0.05, 0.1) is 19.2 Å². The van der Waals surface area contributed by atoms with E-state index in [0.29, 0.717) is 6.61 Å². The molecule has 1 aliphatic heterocycles. The van der Waals surface area contributed by atoms with Crippen LogP contribution in [-0.4, -0.2) is 36.4 Å². The van der Waals surface area contributed by atoms with Gasteiger partial charge in [-0.15, -0.1) is 0 Å². The molecule has 2 amide bonds. The molecule has 1 aromatic carbocycles. The smallest absolute Gasteiger partial charge is 0.242 e. The highest BCUT2D eigenvalue weighted by molar-refractivity contribution is 5.87. The van der Waals surface area contributed by atoms with E-state index in [1.54, 1.807) is 0 Å². The number of rotatable bonds is 5. The van der Waals surface area contributed by atoms with Crippen LogP contribution in [0.15, 0.2) is 24.3 Å². The predicted octanol–water partition coefficient (Wildman–Crippen LogP) is 2.91. The average molecular weight is 332 g/mol. The molecule has 1 N–H and O–H groups in total. The van der Waals surface area contributed by atoms with Gasteiger partial charge in [0.15, 0.2) is 0 Å². The maximum atomic E-state index is 12.5. The fourth-order valence-electron chi connectivity index (χ4n) is 2.89. The lowest BCUT2D eigenvalue weighted by molar-refractivity contribution is -0.135. The maximum Gasteiger partial charge on any atom is 0.242 e. The van der Waals surface area contributed by atoms with Crippen LogP contribution in [0.3, 0.4) is 0 Å². The van der Waals surface area contributed by atoms with Crippen molar-refractivity contribution in [2.24, 2.45) is 5.41 Å². The summed E-state index contributed by atoms with van der Waals surface area (Å²) < 4.78 is 5.47. The van der Waals surface area contributed by atoms with Crippen LogP contribution in [0.25, 0.3) is 0 Å². The highest BCUT2D eigenvalue weighted by atomic mass is 16.5. The van der Waals surface area contributed by atoms with Gasteiger partial charge in [0.25, 0.3) is 0 Å². The van der Waals surface area contributed by atoms with E-state index in [4.69, 9.17) is 4.74 Å². The molecule has 24 heavy (non-hydrogen) atoms. The SMILES string of the molecule is CCOc1ccc(C2CCCN2C(=O)CNC(=O)C(C)(C)C)cc1. The Morgan fingerprint density at radius 3 is 2.50 bits per heavy atom. The normalized spacial score (nSPS) is 17.7. The molecule has 0 aromatic heterocycles. The van der Waals surface area contributed by atoms with Gasteiger partial charge in [-0.25, -0.2) is 0 Å². The molecule has 1 atom stereocenters. The third-order valence-electron chi connectivity index (χ3n) is 4.23. The van der Waals surface area contributed by atoms with Crippen molar-refractivity contribution >= 4 is 11.8 Å². The van der Waals surface area contributed by atoms with Crippen molar-refractivity contribution < 1.29 is 14.3 Å². The first-order chi connectivity index (χ1) is 11.3. The Labute approximate surface area is 144 Å². The Bertz CT molecular complexity index is 575. The van der Waals surface area contributed by atoms with Crippen molar-refractivity contribution in [1.82, 2.24) is 10.2 Å². The molecule has 132 valence electrons. The minimum atomic E-state index is -0.486. The van der Waals surface area contributed by atoms with Gasteiger partial charge in [0.2, 0.25) is 11.8 Å². The lowest BCUT2D eigenvalue weighted by Crippen LogP contribution is -2.43. The van der Waals surface area contributed by atoms with E-state index in [9.17, 15) is 9.59 Å². The van der Waals surface area contributed by atoms with Crippen molar-refractivity contribution in [1.29, 1.82) is 0 Å². The molecule has 1 aromatic rings. The summed E-state index contributed by atoms with van der Waals surface area (Å²) in [6.07, 6.45) is 1.93. The number of hydrogen-bond donors (Lipinski definition) is 1.